The topological polar surface area (TPSA) is 43.4 Å². The SMILES string of the molecule is O=[S-](=O)OC(F)(F)C(F)(F)C(F)(F)C(F)(F)F.[K+]. The summed E-state index contributed by atoms with van der Waals surface area (Å²) >= 11 is 0. The molecule has 0 heterocycles. The standard InChI is InChI=1S/C4F9O3S.K/c5-1(6,3(9,10)11)2(7,8)4(12,13)16-17(14)15;/q-1;+1. The van der Waals surface area contributed by atoms with Gasteiger partial charge in [-0.25, -0.2) is 0 Å². The number of halogens is 9. The first-order chi connectivity index (χ1) is 7.17. The van der Waals surface area contributed by atoms with E-state index in [1.807, 2.05) is 4.18 Å². The van der Waals surface area contributed by atoms with Crippen molar-refractivity contribution in [1.29, 1.82) is 0 Å². The first kappa shape index (κ1) is 21.2. The van der Waals surface area contributed by atoms with E-state index in [4.69, 9.17) is 0 Å². The van der Waals surface area contributed by atoms with E-state index < -0.39 is 35.1 Å². The van der Waals surface area contributed by atoms with Crippen molar-refractivity contribution in [3.8, 4) is 0 Å². The Hall–Kier alpha value is 0.916. The van der Waals surface area contributed by atoms with E-state index >= 15 is 0 Å². The molecule has 0 aliphatic rings. The van der Waals surface area contributed by atoms with Gasteiger partial charge in [-0.2, -0.15) is 39.5 Å². The minimum atomic E-state index is -7.18. The fourth-order valence-electron chi connectivity index (χ4n) is 0.499. The van der Waals surface area contributed by atoms with Crippen LogP contribution in [0.2, 0.25) is 0 Å². The van der Waals surface area contributed by atoms with Gasteiger partial charge in [0.05, 0.1) is 11.0 Å². The Balaban J connectivity index is 0. The zero-order chi connectivity index (χ0) is 14.3. The van der Waals surface area contributed by atoms with Gasteiger partial charge >= 0.3 is 75.5 Å². The molecule has 3 nitrogen and oxygen atoms in total. The molecule has 0 spiro atoms. The molecule has 0 atom stereocenters. The fraction of sp³-hybridized carbons (Fsp3) is 1.00. The minimum absolute atomic E-state index is 0. The Kier molecular flexibility index (Phi) is 7.23. The minimum Gasteiger partial charge on any atom is -0.397 e. The molecule has 0 aliphatic heterocycles. The predicted molar refractivity (Wildman–Crippen MR) is 30.7 cm³/mol. The van der Waals surface area contributed by atoms with Crippen LogP contribution >= 0.6 is 0 Å². The monoisotopic (exact) mass is 338 g/mol. The molecule has 104 valence electrons. The van der Waals surface area contributed by atoms with Gasteiger partial charge in [-0.15, -0.1) is 0 Å². The number of hydrogen-bond donors (Lipinski definition) is 0. The molecular weight excluding hydrogens is 338 g/mol. The average molecular weight is 338 g/mol. The quantitative estimate of drug-likeness (QED) is 0.400. The molecule has 0 aromatic rings. The molecular formula is C4F9KO3S. The van der Waals surface area contributed by atoms with E-state index in [9.17, 15) is 47.9 Å². The van der Waals surface area contributed by atoms with Crippen LogP contribution in [0, 0.1) is 0 Å². The van der Waals surface area contributed by atoms with Crippen LogP contribution in [0.1, 0.15) is 0 Å². The van der Waals surface area contributed by atoms with Gasteiger partial charge < -0.3 is 12.6 Å². The number of hydrogen-bond acceptors (Lipinski definition) is 4. The predicted octanol–water partition coefficient (Wildman–Crippen LogP) is -0.343. The molecule has 0 N–H and O–H groups in total. The van der Waals surface area contributed by atoms with Gasteiger partial charge in [-0.3, -0.25) is 0 Å². The summed E-state index contributed by atoms with van der Waals surface area (Å²) in [6, 6.07) is 0. The summed E-state index contributed by atoms with van der Waals surface area (Å²) in [5.74, 6) is -14.3. The van der Waals surface area contributed by atoms with Gasteiger partial charge in [0.2, 0.25) is 0 Å². The number of alkyl halides is 9. The summed E-state index contributed by atoms with van der Waals surface area (Å²) in [6.07, 6.45) is -13.6. The zero-order valence-corrected chi connectivity index (χ0v) is 12.0. The van der Waals surface area contributed by atoms with Crippen LogP contribution < -0.4 is 51.4 Å². The normalized spacial score (nSPS) is 14.6. The second-order valence-electron chi connectivity index (χ2n) is 2.45. The summed E-state index contributed by atoms with van der Waals surface area (Å²) in [4.78, 5) is 0. The Morgan fingerprint density at radius 2 is 1.06 bits per heavy atom. The van der Waals surface area contributed by atoms with E-state index in [0.29, 0.717) is 0 Å². The molecule has 14 heteroatoms. The Morgan fingerprint density at radius 3 is 1.28 bits per heavy atom. The second kappa shape index (κ2) is 6.13. The molecule has 0 bridgehead atoms. The van der Waals surface area contributed by atoms with Gasteiger partial charge in [-0.1, -0.05) is 0 Å². The second-order valence-corrected chi connectivity index (χ2v) is 3.03. The first-order valence-corrected chi connectivity index (χ1v) is 4.15. The van der Waals surface area contributed by atoms with E-state index in [1.165, 1.54) is 0 Å². The molecule has 0 fully saturated rings. The fourth-order valence-corrected chi connectivity index (χ4v) is 0.774. The van der Waals surface area contributed by atoms with Crippen LogP contribution in [0.15, 0.2) is 0 Å². The third kappa shape index (κ3) is 3.96. The van der Waals surface area contributed by atoms with Crippen molar-refractivity contribution >= 4 is 11.0 Å². The largest absolute Gasteiger partial charge is 1.00 e. The van der Waals surface area contributed by atoms with Crippen molar-refractivity contribution in [3.05, 3.63) is 0 Å². The van der Waals surface area contributed by atoms with Crippen LogP contribution in [0.25, 0.3) is 0 Å². The van der Waals surface area contributed by atoms with Crippen molar-refractivity contribution in [2.24, 2.45) is 0 Å². The average Bonchev–Trinajstić information content (AvgIpc) is 1.98. The van der Waals surface area contributed by atoms with Gasteiger partial charge in [0.25, 0.3) is 0 Å². The first-order valence-electron chi connectivity index (χ1n) is 3.15. The molecule has 0 amide bonds. The molecule has 0 aromatic heterocycles. The molecule has 0 saturated carbocycles. The zero-order valence-electron chi connectivity index (χ0n) is 8.03. The summed E-state index contributed by atoms with van der Waals surface area (Å²) in [6.45, 7) is 0. The molecule has 0 unspecified atom stereocenters. The summed E-state index contributed by atoms with van der Waals surface area (Å²) in [7, 11) is -4.42. The Bertz CT molecular complexity index is 353. The van der Waals surface area contributed by atoms with Crippen molar-refractivity contribution < 1.29 is 103 Å². The maximum Gasteiger partial charge on any atom is 1.00 e. The van der Waals surface area contributed by atoms with E-state index in [-0.39, 0.29) is 51.4 Å². The third-order valence-electron chi connectivity index (χ3n) is 1.29. The maximum absolute atomic E-state index is 12.2. The van der Waals surface area contributed by atoms with Crippen LogP contribution in [0.5, 0.6) is 0 Å². The molecule has 0 aliphatic carbocycles. The summed E-state index contributed by atoms with van der Waals surface area (Å²) < 4.78 is 128. The van der Waals surface area contributed by atoms with Crippen LogP contribution in [-0.2, 0) is 23.6 Å². The Morgan fingerprint density at radius 1 is 0.722 bits per heavy atom. The van der Waals surface area contributed by atoms with Crippen molar-refractivity contribution in [2.45, 2.75) is 24.1 Å². The van der Waals surface area contributed by atoms with Crippen molar-refractivity contribution in [1.82, 2.24) is 0 Å². The smallest absolute Gasteiger partial charge is 0.397 e. The van der Waals surface area contributed by atoms with E-state index in [0.717, 1.165) is 0 Å². The van der Waals surface area contributed by atoms with Gasteiger partial charge in [0.1, 0.15) is 0 Å². The molecule has 0 radical (unpaired) electrons. The van der Waals surface area contributed by atoms with Crippen molar-refractivity contribution in [2.75, 3.05) is 0 Å². The van der Waals surface area contributed by atoms with E-state index in [2.05, 4.69) is 0 Å². The van der Waals surface area contributed by atoms with E-state index in [1.54, 1.807) is 0 Å². The van der Waals surface area contributed by atoms with Crippen molar-refractivity contribution in [3.63, 3.8) is 0 Å². The van der Waals surface area contributed by atoms with Crippen LogP contribution in [0.3, 0.4) is 0 Å². The van der Waals surface area contributed by atoms with Crippen LogP contribution in [-0.4, -0.2) is 24.1 Å². The summed E-state index contributed by atoms with van der Waals surface area (Å²) in [5.41, 5.74) is 0. The van der Waals surface area contributed by atoms with Gasteiger partial charge in [-0.05, 0) is 0 Å². The Labute approximate surface area is 137 Å². The molecule has 0 aromatic carbocycles. The molecule has 0 saturated heterocycles. The van der Waals surface area contributed by atoms with Gasteiger partial charge in [0.15, 0.2) is 0 Å². The third-order valence-corrected chi connectivity index (χ3v) is 1.63. The molecule has 18 heavy (non-hydrogen) atoms. The summed E-state index contributed by atoms with van der Waals surface area (Å²) in [5, 5.41) is 0. The van der Waals surface area contributed by atoms with Crippen LogP contribution in [0.4, 0.5) is 39.5 Å². The number of rotatable bonds is 4. The maximum atomic E-state index is 12.2. The van der Waals surface area contributed by atoms with Gasteiger partial charge in [0, 0.05) is 0 Å². The molecule has 0 rings (SSSR count).